The Morgan fingerprint density at radius 3 is 2.60 bits per heavy atom. The minimum atomic E-state index is -0.696. The highest BCUT2D eigenvalue weighted by Gasteiger charge is 2.23. The first kappa shape index (κ1) is 23.4. The molecule has 3 N–H and O–H groups in total. The first-order valence-corrected chi connectivity index (χ1v) is 12.0. The second kappa shape index (κ2) is 9.71. The van der Waals surface area contributed by atoms with Gasteiger partial charge < -0.3 is 20.7 Å². The number of anilines is 1. The Morgan fingerprint density at radius 1 is 1.09 bits per heavy atom. The third-order valence-electron chi connectivity index (χ3n) is 6.75. The third-order valence-corrected chi connectivity index (χ3v) is 6.75. The van der Waals surface area contributed by atoms with Gasteiger partial charge in [-0.3, -0.25) is 4.79 Å². The molecule has 0 unspecified atom stereocenters. The zero-order valence-electron chi connectivity index (χ0n) is 20.1. The normalized spacial score (nSPS) is 16.3. The summed E-state index contributed by atoms with van der Waals surface area (Å²) < 4.78 is 20.6. The third kappa shape index (κ3) is 4.76. The molecule has 7 nitrogen and oxygen atoms in total. The van der Waals surface area contributed by atoms with Crippen LogP contribution in [0.4, 0.5) is 10.2 Å². The number of aromatic nitrogens is 2. The van der Waals surface area contributed by atoms with Gasteiger partial charge >= 0.3 is 0 Å². The summed E-state index contributed by atoms with van der Waals surface area (Å²) in [6.07, 6.45) is 2.69. The van der Waals surface area contributed by atoms with Crippen molar-refractivity contribution in [3.05, 3.63) is 64.6 Å². The zero-order chi connectivity index (χ0) is 24.5. The Balaban J connectivity index is 1.56. The summed E-state index contributed by atoms with van der Waals surface area (Å²) in [5.74, 6) is -0.329. The van der Waals surface area contributed by atoms with E-state index in [1.807, 2.05) is 32.3 Å². The fraction of sp³-hybridized carbons (Fsp3) is 0.370. The van der Waals surface area contributed by atoms with Gasteiger partial charge in [0.25, 0.3) is 5.91 Å². The molecule has 2 aliphatic rings. The lowest BCUT2D eigenvalue weighted by Crippen LogP contribution is -2.31. The zero-order valence-corrected chi connectivity index (χ0v) is 20.1. The number of rotatable bonds is 5. The molecule has 0 saturated carbocycles. The van der Waals surface area contributed by atoms with Crippen molar-refractivity contribution in [2.24, 2.45) is 0 Å². The van der Waals surface area contributed by atoms with E-state index in [2.05, 4.69) is 26.3 Å². The molecule has 0 radical (unpaired) electrons. The molecule has 0 aliphatic carbocycles. The van der Waals surface area contributed by atoms with Crippen LogP contribution >= 0.6 is 0 Å². The highest BCUT2D eigenvalue weighted by atomic mass is 19.1. The number of amides is 1. The van der Waals surface area contributed by atoms with Crippen LogP contribution in [0.25, 0.3) is 22.5 Å². The number of ether oxygens (including phenoxy) is 1. The maximum Gasteiger partial charge on any atom is 0.251 e. The number of nitrogens with two attached hydrogens (primary N) is 1. The standard InChI is InChI=1S/C27H30FN5O2/c1-33(2)15-20-14-18(3-5-21(20)16-8-11-35-12-9-16)23-25(28)32-26(29)24(31-23)19-4-6-22-17(13-19)7-10-30-27(22)34/h3-6,13-14,16H,7-12,15H2,1-2H3,(H2,29,32)(H,30,34). The first-order valence-electron chi connectivity index (χ1n) is 12.0. The van der Waals surface area contributed by atoms with Crippen molar-refractivity contribution in [3.8, 4) is 22.5 Å². The van der Waals surface area contributed by atoms with Crippen LogP contribution in [-0.2, 0) is 17.7 Å². The maximum atomic E-state index is 15.1. The largest absolute Gasteiger partial charge is 0.382 e. The number of fused-ring (bicyclic) bond motifs is 1. The molecule has 3 aromatic rings. The molecule has 5 rings (SSSR count). The second-order valence-electron chi connectivity index (χ2n) is 9.51. The van der Waals surface area contributed by atoms with Crippen LogP contribution in [0.5, 0.6) is 0 Å². The molecule has 2 aromatic carbocycles. The highest BCUT2D eigenvalue weighted by Crippen LogP contribution is 2.34. The summed E-state index contributed by atoms with van der Waals surface area (Å²) in [6.45, 7) is 2.85. The van der Waals surface area contributed by atoms with E-state index < -0.39 is 5.95 Å². The smallest absolute Gasteiger partial charge is 0.251 e. The van der Waals surface area contributed by atoms with E-state index in [1.165, 1.54) is 5.56 Å². The van der Waals surface area contributed by atoms with Crippen molar-refractivity contribution < 1.29 is 13.9 Å². The van der Waals surface area contributed by atoms with E-state index in [0.29, 0.717) is 29.3 Å². The molecule has 2 aliphatic heterocycles. The molecular weight excluding hydrogens is 445 g/mol. The lowest BCUT2D eigenvalue weighted by molar-refractivity contribution is 0.0850. The summed E-state index contributed by atoms with van der Waals surface area (Å²) in [7, 11) is 4.05. The van der Waals surface area contributed by atoms with E-state index in [-0.39, 0.29) is 17.4 Å². The van der Waals surface area contributed by atoms with Crippen LogP contribution in [0.15, 0.2) is 36.4 Å². The molecule has 1 saturated heterocycles. The minimum absolute atomic E-state index is 0.0267. The summed E-state index contributed by atoms with van der Waals surface area (Å²) in [4.78, 5) is 22.9. The molecule has 0 bridgehead atoms. The van der Waals surface area contributed by atoms with Crippen molar-refractivity contribution in [2.45, 2.75) is 31.7 Å². The first-order chi connectivity index (χ1) is 16.9. The molecule has 0 atom stereocenters. The van der Waals surface area contributed by atoms with Gasteiger partial charge in [-0.1, -0.05) is 18.2 Å². The number of nitrogens with one attached hydrogen (secondary N) is 1. The SMILES string of the molecule is CN(C)Cc1cc(-c2nc(-c3ccc4c(c3)CCNC4=O)c(N)nc2F)ccc1C1CCOCC1. The van der Waals surface area contributed by atoms with Crippen molar-refractivity contribution in [1.82, 2.24) is 20.2 Å². The molecule has 182 valence electrons. The Kier molecular flexibility index (Phi) is 6.49. The Bertz CT molecular complexity index is 1270. The number of carbonyl (C=O) groups excluding carboxylic acids is 1. The van der Waals surface area contributed by atoms with Gasteiger partial charge in [-0.2, -0.15) is 9.37 Å². The van der Waals surface area contributed by atoms with E-state index >= 15 is 4.39 Å². The fourth-order valence-electron chi connectivity index (χ4n) is 5.04. The number of hydrogen-bond acceptors (Lipinski definition) is 6. The molecule has 0 spiro atoms. The average molecular weight is 476 g/mol. The van der Waals surface area contributed by atoms with Gasteiger partial charge in [-0.15, -0.1) is 0 Å². The molecule has 1 aromatic heterocycles. The topological polar surface area (TPSA) is 93.4 Å². The van der Waals surface area contributed by atoms with E-state index in [0.717, 1.165) is 55.7 Å². The molecule has 35 heavy (non-hydrogen) atoms. The maximum absolute atomic E-state index is 15.1. The predicted octanol–water partition coefficient (Wildman–Crippen LogP) is 3.77. The van der Waals surface area contributed by atoms with Crippen LogP contribution in [0.1, 0.15) is 45.8 Å². The number of carbonyl (C=O) groups is 1. The van der Waals surface area contributed by atoms with Crippen molar-refractivity contribution in [2.75, 3.05) is 39.6 Å². The van der Waals surface area contributed by atoms with Crippen LogP contribution < -0.4 is 11.1 Å². The van der Waals surface area contributed by atoms with Gasteiger partial charge in [0.1, 0.15) is 11.4 Å². The second-order valence-corrected chi connectivity index (χ2v) is 9.51. The molecule has 1 fully saturated rings. The Labute approximate surface area is 204 Å². The quantitative estimate of drug-likeness (QED) is 0.584. The minimum Gasteiger partial charge on any atom is -0.382 e. The van der Waals surface area contributed by atoms with E-state index in [4.69, 9.17) is 10.5 Å². The fourth-order valence-corrected chi connectivity index (χ4v) is 5.04. The van der Waals surface area contributed by atoms with Gasteiger partial charge in [0.05, 0.1) is 0 Å². The number of hydrogen-bond donors (Lipinski definition) is 2. The monoisotopic (exact) mass is 475 g/mol. The van der Waals surface area contributed by atoms with Crippen LogP contribution in [0.3, 0.4) is 0 Å². The number of nitrogens with zero attached hydrogens (tertiary/aromatic N) is 3. The predicted molar refractivity (Wildman–Crippen MR) is 133 cm³/mol. The molecular formula is C27H30FN5O2. The summed E-state index contributed by atoms with van der Waals surface area (Å²) in [6, 6.07) is 11.5. The van der Waals surface area contributed by atoms with Crippen molar-refractivity contribution in [1.29, 1.82) is 0 Å². The molecule has 8 heteroatoms. The van der Waals surface area contributed by atoms with Crippen LogP contribution in [-0.4, -0.2) is 54.6 Å². The number of nitrogen functional groups attached to an aromatic ring is 1. The Morgan fingerprint density at radius 2 is 1.83 bits per heavy atom. The summed E-state index contributed by atoms with van der Waals surface area (Å²) in [5.41, 5.74) is 12.1. The van der Waals surface area contributed by atoms with Gasteiger partial charge in [0, 0.05) is 43.0 Å². The lowest BCUT2D eigenvalue weighted by Gasteiger charge is -2.26. The summed E-state index contributed by atoms with van der Waals surface area (Å²) >= 11 is 0. The van der Waals surface area contributed by atoms with Gasteiger partial charge in [-0.25, -0.2) is 4.98 Å². The summed E-state index contributed by atoms with van der Waals surface area (Å²) in [5, 5.41) is 2.84. The van der Waals surface area contributed by atoms with Crippen LogP contribution in [0.2, 0.25) is 0 Å². The van der Waals surface area contributed by atoms with E-state index in [9.17, 15) is 4.79 Å². The van der Waals surface area contributed by atoms with Crippen molar-refractivity contribution >= 4 is 11.7 Å². The van der Waals surface area contributed by atoms with Crippen molar-refractivity contribution in [3.63, 3.8) is 0 Å². The van der Waals surface area contributed by atoms with Crippen LogP contribution in [0, 0.1) is 5.95 Å². The lowest BCUT2D eigenvalue weighted by atomic mass is 9.87. The van der Waals surface area contributed by atoms with Gasteiger partial charge in [0.15, 0.2) is 5.82 Å². The number of halogens is 1. The average Bonchev–Trinajstić information content (AvgIpc) is 2.84. The van der Waals surface area contributed by atoms with Gasteiger partial charge in [-0.05, 0) is 74.2 Å². The van der Waals surface area contributed by atoms with E-state index in [1.54, 1.807) is 12.1 Å². The Hall–Kier alpha value is -3.36. The van der Waals surface area contributed by atoms with Gasteiger partial charge in [0.2, 0.25) is 5.95 Å². The molecule has 3 heterocycles. The highest BCUT2D eigenvalue weighted by molar-refractivity contribution is 5.97. The molecule has 1 amide bonds. The number of benzene rings is 2.